The Bertz CT molecular complexity index is 39.1. The molecule has 0 aliphatic rings. The summed E-state index contributed by atoms with van der Waals surface area (Å²) in [5.41, 5.74) is 0. The molecule has 0 amide bonds. The Morgan fingerprint density at radius 1 is 1.57 bits per heavy atom. The second kappa shape index (κ2) is 4.55. The van der Waals surface area contributed by atoms with Gasteiger partial charge in [0.2, 0.25) is 0 Å². The van der Waals surface area contributed by atoms with Crippen LogP contribution >= 0.6 is 9.24 Å². The van der Waals surface area contributed by atoms with E-state index in [-0.39, 0.29) is 0 Å². The first kappa shape index (κ1) is 7.39. The van der Waals surface area contributed by atoms with Crippen molar-refractivity contribution in [1.82, 2.24) is 0 Å². The van der Waals surface area contributed by atoms with E-state index in [2.05, 4.69) is 16.2 Å². The van der Waals surface area contributed by atoms with Gasteiger partial charge in [-0.2, -0.15) is 0 Å². The molecule has 0 bridgehead atoms. The number of rotatable bonds is 3. The largest absolute Gasteiger partial charge is 0.375 e. The first-order valence-electron chi connectivity index (χ1n) is 2.68. The number of ether oxygens (including phenoxy) is 1. The average Bonchev–Trinajstić information content (AvgIpc) is 1.68. The van der Waals surface area contributed by atoms with Gasteiger partial charge in [0.15, 0.2) is 0 Å². The summed E-state index contributed by atoms with van der Waals surface area (Å²) in [5, 5.41) is 0. The maximum atomic E-state index is 5.15. The number of hydrogen-bond acceptors (Lipinski definition) is 1. The summed E-state index contributed by atoms with van der Waals surface area (Å²) < 4.78 is 5.15. The molecule has 0 radical (unpaired) electrons. The van der Waals surface area contributed by atoms with E-state index in [1.165, 1.54) is 0 Å². The van der Waals surface area contributed by atoms with Crippen molar-refractivity contribution < 1.29 is 4.74 Å². The Labute approximate surface area is 47.6 Å². The summed E-state index contributed by atoms with van der Waals surface area (Å²) in [6.07, 6.45) is 1.08. The van der Waals surface area contributed by atoms with Crippen molar-refractivity contribution in [3.63, 3.8) is 0 Å². The van der Waals surface area contributed by atoms with Gasteiger partial charge in [0.1, 0.15) is 0 Å². The highest BCUT2D eigenvalue weighted by molar-refractivity contribution is 7.17. The van der Waals surface area contributed by atoms with Gasteiger partial charge >= 0.3 is 0 Å². The van der Waals surface area contributed by atoms with Gasteiger partial charge in [0, 0.05) is 6.61 Å². The average molecular weight is 120 g/mol. The van der Waals surface area contributed by atoms with Crippen LogP contribution in [0.4, 0.5) is 0 Å². The Hall–Kier alpha value is 0.390. The van der Waals surface area contributed by atoms with Crippen LogP contribution in [0.1, 0.15) is 20.3 Å². The van der Waals surface area contributed by atoms with Crippen LogP contribution in [-0.2, 0) is 4.74 Å². The molecular weight excluding hydrogens is 107 g/mol. The van der Waals surface area contributed by atoms with Gasteiger partial charge in [0.05, 0.1) is 5.85 Å². The van der Waals surface area contributed by atoms with E-state index in [0.29, 0.717) is 5.85 Å². The van der Waals surface area contributed by atoms with E-state index < -0.39 is 0 Å². The zero-order chi connectivity index (χ0) is 5.70. The van der Waals surface area contributed by atoms with Crippen molar-refractivity contribution in [1.29, 1.82) is 0 Å². The van der Waals surface area contributed by atoms with E-state index in [1.807, 2.05) is 6.92 Å². The summed E-state index contributed by atoms with van der Waals surface area (Å²) in [4.78, 5) is 0. The molecule has 0 saturated carbocycles. The third-order valence-electron chi connectivity index (χ3n) is 0.783. The highest BCUT2D eigenvalue weighted by atomic mass is 31.0. The SMILES string of the molecule is CCOC(P)CC. The van der Waals surface area contributed by atoms with E-state index in [1.54, 1.807) is 0 Å². The molecule has 0 aromatic rings. The summed E-state index contributed by atoms with van der Waals surface area (Å²) >= 11 is 0. The van der Waals surface area contributed by atoms with E-state index in [0.717, 1.165) is 13.0 Å². The van der Waals surface area contributed by atoms with Crippen LogP contribution in [0.2, 0.25) is 0 Å². The Kier molecular flexibility index (Phi) is 4.80. The van der Waals surface area contributed by atoms with E-state index in [9.17, 15) is 0 Å². The van der Waals surface area contributed by atoms with Crippen LogP contribution in [0.25, 0.3) is 0 Å². The lowest BCUT2D eigenvalue weighted by molar-refractivity contribution is 0.122. The Balaban J connectivity index is 2.83. The molecule has 2 atom stereocenters. The lowest BCUT2D eigenvalue weighted by Crippen LogP contribution is -2.00. The molecule has 2 unspecified atom stereocenters. The fourth-order valence-electron chi connectivity index (χ4n) is 0.332. The highest BCUT2D eigenvalue weighted by Gasteiger charge is 1.91. The normalized spacial score (nSPS) is 14.1. The first-order valence-corrected chi connectivity index (χ1v) is 3.35. The standard InChI is InChI=1S/C5H13OP/c1-3-5(7)6-4-2/h5H,3-4,7H2,1-2H3. The molecule has 44 valence electrons. The van der Waals surface area contributed by atoms with Crippen molar-refractivity contribution in [3.05, 3.63) is 0 Å². The summed E-state index contributed by atoms with van der Waals surface area (Å²) in [7, 11) is 2.63. The van der Waals surface area contributed by atoms with Crippen LogP contribution in [0.3, 0.4) is 0 Å². The van der Waals surface area contributed by atoms with E-state index >= 15 is 0 Å². The fourth-order valence-corrected chi connectivity index (χ4v) is 0.524. The zero-order valence-corrected chi connectivity index (χ0v) is 6.13. The molecule has 0 heterocycles. The molecule has 0 spiro atoms. The molecule has 7 heavy (non-hydrogen) atoms. The van der Waals surface area contributed by atoms with Crippen molar-refractivity contribution in [2.24, 2.45) is 0 Å². The third-order valence-corrected chi connectivity index (χ3v) is 1.45. The molecule has 0 aromatic carbocycles. The summed E-state index contributed by atoms with van der Waals surface area (Å²) in [6.45, 7) is 4.93. The monoisotopic (exact) mass is 120 g/mol. The van der Waals surface area contributed by atoms with Crippen molar-refractivity contribution in [2.75, 3.05) is 6.61 Å². The first-order chi connectivity index (χ1) is 3.31. The van der Waals surface area contributed by atoms with E-state index in [4.69, 9.17) is 4.74 Å². The lowest BCUT2D eigenvalue weighted by atomic mass is 10.5. The summed E-state index contributed by atoms with van der Waals surface area (Å²) in [5.74, 6) is 0.366. The van der Waals surface area contributed by atoms with Crippen LogP contribution in [0.5, 0.6) is 0 Å². The van der Waals surface area contributed by atoms with Crippen LogP contribution in [0.15, 0.2) is 0 Å². The molecule has 0 aromatic heterocycles. The second-order valence-electron chi connectivity index (χ2n) is 1.40. The number of hydrogen-bond donors (Lipinski definition) is 0. The Morgan fingerprint density at radius 2 is 2.14 bits per heavy atom. The van der Waals surface area contributed by atoms with Gasteiger partial charge in [-0.3, -0.25) is 0 Å². The van der Waals surface area contributed by atoms with Crippen LogP contribution < -0.4 is 0 Å². The molecule has 0 fully saturated rings. The van der Waals surface area contributed by atoms with Crippen molar-refractivity contribution in [2.45, 2.75) is 26.1 Å². The quantitative estimate of drug-likeness (QED) is 0.514. The van der Waals surface area contributed by atoms with Crippen LogP contribution in [-0.4, -0.2) is 12.5 Å². The molecule has 0 aliphatic heterocycles. The molecule has 0 rings (SSSR count). The van der Waals surface area contributed by atoms with Crippen molar-refractivity contribution >= 4 is 9.24 Å². The summed E-state index contributed by atoms with van der Waals surface area (Å²) in [6, 6.07) is 0. The molecule has 0 aliphatic carbocycles. The lowest BCUT2D eigenvalue weighted by Gasteiger charge is -2.05. The minimum Gasteiger partial charge on any atom is -0.375 e. The maximum absolute atomic E-state index is 5.15. The molecule has 1 nitrogen and oxygen atoms in total. The molecule has 0 N–H and O–H groups in total. The fraction of sp³-hybridized carbons (Fsp3) is 1.00. The smallest absolute Gasteiger partial charge is 0.0705 e. The zero-order valence-electron chi connectivity index (χ0n) is 4.98. The predicted molar refractivity (Wildman–Crippen MR) is 35.4 cm³/mol. The third kappa shape index (κ3) is 4.24. The minimum atomic E-state index is 0.366. The topological polar surface area (TPSA) is 9.23 Å². The van der Waals surface area contributed by atoms with Gasteiger partial charge in [-0.1, -0.05) is 6.92 Å². The molecule has 0 saturated heterocycles. The second-order valence-corrected chi connectivity index (χ2v) is 2.15. The van der Waals surface area contributed by atoms with Crippen LogP contribution in [0, 0.1) is 0 Å². The maximum Gasteiger partial charge on any atom is 0.0705 e. The molecule has 2 heteroatoms. The van der Waals surface area contributed by atoms with Gasteiger partial charge in [-0.05, 0) is 13.3 Å². The van der Waals surface area contributed by atoms with Gasteiger partial charge in [0.25, 0.3) is 0 Å². The Morgan fingerprint density at radius 3 is 2.29 bits per heavy atom. The minimum absolute atomic E-state index is 0.366. The van der Waals surface area contributed by atoms with Gasteiger partial charge in [-0.15, -0.1) is 9.24 Å². The predicted octanol–water partition coefficient (Wildman–Crippen LogP) is 1.63. The highest BCUT2D eigenvalue weighted by Crippen LogP contribution is 2.04. The van der Waals surface area contributed by atoms with Crippen molar-refractivity contribution in [3.8, 4) is 0 Å². The molecular formula is C5H13OP. The van der Waals surface area contributed by atoms with Gasteiger partial charge in [-0.25, -0.2) is 0 Å². The van der Waals surface area contributed by atoms with Gasteiger partial charge < -0.3 is 4.74 Å².